The van der Waals surface area contributed by atoms with E-state index in [1.807, 2.05) is 0 Å². The monoisotopic (exact) mass is 369 g/mol. The van der Waals surface area contributed by atoms with Crippen molar-refractivity contribution in [2.75, 3.05) is 0 Å². The number of aliphatic carboxylic acids is 1. The quantitative estimate of drug-likeness (QED) is 0.231. The van der Waals surface area contributed by atoms with Crippen LogP contribution < -0.4 is 5.73 Å². The van der Waals surface area contributed by atoms with Crippen molar-refractivity contribution >= 4 is 11.9 Å². The average Bonchev–Trinajstić information content (AvgIpc) is 2.59. The molecular weight excluding hydrogens is 326 g/mol. The molecule has 154 valence electrons. The van der Waals surface area contributed by atoms with Crippen molar-refractivity contribution in [3.63, 3.8) is 0 Å². The third-order valence-corrected chi connectivity index (χ3v) is 5.06. The van der Waals surface area contributed by atoms with E-state index in [9.17, 15) is 9.59 Å². The summed E-state index contributed by atoms with van der Waals surface area (Å²) in [5.41, 5.74) is 5.12. The van der Waals surface area contributed by atoms with Gasteiger partial charge in [-0.15, -0.1) is 0 Å². The van der Waals surface area contributed by atoms with E-state index in [2.05, 4.69) is 0 Å². The Balaban J connectivity index is 3.01. The number of carboxylic acids is 1. The van der Waals surface area contributed by atoms with Gasteiger partial charge in [0.1, 0.15) is 0 Å². The molecule has 0 aromatic carbocycles. The minimum absolute atomic E-state index is 0.169. The third-order valence-electron chi connectivity index (χ3n) is 5.06. The van der Waals surface area contributed by atoms with Crippen LogP contribution in [-0.2, 0) is 9.59 Å². The average molecular weight is 370 g/mol. The maximum atomic E-state index is 10.6. The minimum Gasteiger partial charge on any atom is -0.481 e. The molecule has 0 rings (SSSR count). The summed E-state index contributed by atoms with van der Waals surface area (Å²) < 4.78 is 0. The lowest BCUT2D eigenvalue weighted by atomic mass is 10.0. The Morgan fingerprint density at radius 2 is 0.692 bits per heavy atom. The highest BCUT2D eigenvalue weighted by molar-refractivity contribution is 5.73. The number of primary amides is 1. The molecule has 0 heterocycles. The van der Waals surface area contributed by atoms with Crippen molar-refractivity contribution in [2.45, 2.75) is 128 Å². The van der Waals surface area contributed by atoms with Gasteiger partial charge >= 0.3 is 5.97 Å². The van der Waals surface area contributed by atoms with Crippen LogP contribution in [0.15, 0.2) is 0 Å². The summed E-state index contributed by atoms with van der Waals surface area (Å²) in [6.45, 7) is 0. The normalized spacial score (nSPS) is 10.9. The van der Waals surface area contributed by atoms with Gasteiger partial charge in [0, 0.05) is 12.8 Å². The number of nitrogens with two attached hydrogens (primary N) is 1. The lowest BCUT2D eigenvalue weighted by molar-refractivity contribution is -0.137. The summed E-state index contributed by atoms with van der Waals surface area (Å²) in [5, 5.41) is 8.56. The predicted octanol–water partition coefficient (Wildman–Crippen LogP) is 6.36. The van der Waals surface area contributed by atoms with E-state index < -0.39 is 5.97 Å². The molecule has 4 heteroatoms. The summed E-state index contributed by atoms with van der Waals surface area (Å²) in [6, 6.07) is 0. The second-order valence-corrected chi connectivity index (χ2v) is 7.72. The van der Waals surface area contributed by atoms with E-state index >= 15 is 0 Å². The highest BCUT2D eigenvalue weighted by Crippen LogP contribution is 2.14. The highest BCUT2D eigenvalue weighted by Gasteiger charge is 1.98. The molecular formula is C22H43NO3. The van der Waals surface area contributed by atoms with E-state index in [0.717, 1.165) is 25.7 Å². The van der Waals surface area contributed by atoms with Gasteiger partial charge < -0.3 is 10.8 Å². The topological polar surface area (TPSA) is 80.4 Å². The fourth-order valence-corrected chi connectivity index (χ4v) is 3.40. The Kier molecular flexibility index (Phi) is 19.4. The standard InChI is InChI=1S/C22H43NO3/c23-21(24)19-17-15-13-11-9-7-5-3-1-2-4-6-8-10-12-14-16-18-20-22(25)26/h1-20H2,(H2,23,24)(H,25,26). The predicted molar refractivity (Wildman–Crippen MR) is 109 cm³/mol. The summed E-state index contributed by atoms with van der Waals surface area (Å²) in [7, 11) is 0. The van der Waals surface area contributed by atoms with E-state index in [4.69, 9.17) is 10.8 Å². The van der Waals surface area contributed by atoms with Crippen LogP contribution >= 0.6 is 0 Å². The number of carboxylic acid groups (broad SMARTS) is 1. The third kappa shape index (κ3) is 22.9. The van der Waals surface area contributed by atoms with Crippen molar-refractivity contribution in [3.8, 4) is 0 Å². The van der Waals surface area contributed by atoms with E-state index in [1.165, 1.54) is 89.9 Å². The molecule has 0 spiro atoms. The lowest BCUT2D eigenvalue weighted by Gasteiger charge is -2.04. The highest BCUT2D eigenvalue weighted by atomic mass is 16.4. The first-order valence-corrected chi connectivity index (χ1v) is 11.1. The molecule has 0 atom stereocenters. The van der Waals surface area contributed by atoms with E-state index in [-0.39, 0.29) is 5.91 Å². The first kappa shape index (κ1) is 24.9. The fraction of sp³-hybridized carbons (Fsp3) is 0.909. The van der Waals surface area contributed by atoms with Crippen LogP contribution in [0.5, 0.6) is 0 Å². The lowest BCUT2D eigenvalue weighted by Crippen LogP contribution is -2.09. The molecule has 0 aromatic heterocycles. The molecule has 0 aliphatic rings. The smallest absolute Gasteiger partial charge is 0.303 e. The SMILES string of the molecule is NC(=O)CCCCCCCCCCCCCCCCCCCCC(=O)O. The molecule has 0 aromatic rings. The van der Waals surface area contributed by atoms with Gasteiger partial charge in [-0.2, -0.15) is 0 Å². The Labute approximate surface area is 161 Å². The maximum Gasteiger partial charge on any atom is 0.303 e. The van der Waals surface area contributed by atoms with Gasteiger partial charge in [0.25, 0.3) is 0 Å². The summed E-state index contributed by atoms with van der Waals surface area (Å²) >= 11 is 0. The van der Waals surface area contributed by atoms with Gasteiger partial charge in [0.05, 0.1) is 0 Å². The zero-order valence-electron chi connectivity index (χ0n) is 17.0. The molecule has 0 unspecified atom stereocenters. The second-order valence-electron chi connectivity index (χ2n) is 7.72. The molecule has 4 nitrogen and oxygen atoms in total. The van der Waals surface area contributed by atoms with Crippen molar-refractivity contribution in [2.24, 2.45) is 5.73 Å². The van der Waals surface area contributed by atoms with Gasteiger partial charge in [0.2, 0.25) is 5.91 Å². The number of hydrogen-bond donors (Lipinski definition) is 2. The van der Waals surface area contributed by atoms with Crippen molar-refractivity contribution in [3.05, 3.63) is 0 Å². The van der Waals surface area contributed by atoms with Crippen LogP contribution in [0.25, 0.3) is 0 Å². The number of hydrogen-bond acceptors (Lipinski definition) is 2. The first-order valence-electron chi connectivity index (χ1n) is 11.1. The van der Waals surface area contributed by atoms with Crippen LogP contribution in [0.3, 0.4) is 0 Å². The minimum atomic E-state index is -0.665. The maximum absolute atomic E-state index is 10.6. The molecule has 0 saturated heterocycles. The van der Waals surface area contributed by atoms with Crippen LogP contribution in [0.1, 0.15) is 128 Å². The van der Waals surface area contributed by atoms with Crippen LogP contribution in [0.2, 0.25) is 0 Å². The molecule has 1 amide bonds. The molecule has 0 aliphatic heterocycles. The van der Waals surface area contributed by atoms with Crippen molar-refractivity contribution < 1.29 is 14.7 Å². The van der Waals surface area contributed by atoms with Crippen LogP contribution in [0.4, 0.5) is 0 Å². The second kappa shape index (κ2) is 20.3. The van der Waals surface area contributed by atoms with Gasteiger partial charge in [-0.3, -0.25) is 9.59 Å². The Bertz CT molecular complexity index is 299. The van der Waals surface area contributed by atoms with E-state index in [1.54, 1.807) is 0 Å². The molecule has 0 bridgehead atoms. The van der Waals surface area contributed by atoms with Crippen LogP contribution in [0, 0.1) is 0 Å². The van der Waals surface area contributed by atoms with Gasteiger partial charge in [-0.1, -0.05) is 103 Å². The van der Waals surface area contributed by atoms with Crippen LogP contribution in [-0.4, -0.2) is 17.0 Å². The van der Waals surface area contributed by atoms with Gasteiger partial charge in [0.15, 0.2) is 0 Å². The molecule has 3 N–H and O–H groups in total. The number of unbranched alkanes of at least 4 members (excludes halogenated alkanes) is 17. The summed E-state index contributed by atoms with van der Waals surface area (Å²) in [4.78, 5) is 21.0. The van der Waals surface area contributed by atoms with Crippen molar-refractivity contribution in [1.29, 1.82) is 0 Å². The summed E-state index contributed by atoms with van der Waals surface area (Å²) in [6.07, 6.45) is 23.5. The molecule has 0 fully saturated rings. The number of amides is 1. The Morgan fingerprint density at radius 1 is 0.462 bits per heavy atom. The number of rotatable bonds is 21. The zero-order chi connectivity index (χ0) is 19.3. The molecule has 26 heavy (non-hydrogen) atoms. The number of carbonyl (C=O) groups excluding carboxylic acids is 1. The Hall–Kier alpha value is -1.06. The van der Waals surface area contributed by atoms with Gasteiger partial charge in [-0.05, 0) is 12.8 Å². The fourth-order valence-electron chi connectivity index (χ4n) is 3.40. The molecule has 0 aliphatic carbocycles. The van der Waals surface area contributed by atoms with E-state index in [0.29, 0.717) is 12.8 Å². The summed E-state index contributed by atoms with van der Waals surface area (Å²) in [5.74, 6) is -0.833. The zero-order valence-corrected chi connectivity index (χ0v) is 17.0. The largest absolute Gasteiger partial charge is 0.481 e. The Morgan fingerprint density at radius 3 is 0.923 bits per heavy atom. The van der Waals surface area contributed by atoms with Gasteiger partial charge in [-0.25, -0.2) is 0 Å². The first-order chi connectivity index (χ1) is 12.6. The molecule has 0 radical (unpaired) electrons. The van der Waals surface area contributed by atoms with Crippen molar-refractivity contribution in [1.82, 2.24) is 0 Å². The molecule has 0 saturated carbocycles. The number of carbonyl (C=O) groups is 2.